The summed E-state index contributed by atoms with van der Waals surface area (Å²) in [5, 5.41) is 24.4. The van der Waals surface area contributed by atoms with Crippen molar-refractivity contribution in [1.29, 1.82) is 0 Å². The van der Waals surface area contributed by atoms with Crippen LogP contribution in [0.5, 0.6) is 5.75 Å². The van der Waals surface area contributed by atoms with Crippen molar-refractivity contribution in [3.63, 3.8) is 0 Å². The number of fused-ring (bicyclic) bond motifs is 1. The van der Waals surface area contributed by atoms with Gasteiger partial charge in [0.15, 0.2) is 29.5 Å². The maximum atomic E-state index is 12.6. The van der Waals surface area contributed by atoms with Gasteiger partial charge in [0, 0.05) is 25.6 Å². The normalized spacial score (nSPS) is 25.3. The molecular weight excluding hydrogens is 542 g/mol. The molecule has 14 heteroatoms. The largest absolute Gasteiger partial charge is 0.415 e. The van der Waals surface area contributed by atoms with E-state index in [2.05, 4.69) is 20.3 Å². The van der Waals surface area contributed by atoms with Crippen LogP contribution >= 0.6 is 11.6 Å². The van der Waals surface area contributed by atoms with Gasteiger partial charge in [0.1, 0.15) is 23.5 Å². The number of anilines is 1. The molecule has 0 spiro atoms. The monoisotopic (exact) mass is 571 g/mol. The Kier molecular flexibility index (Phi) is 7.21. The number of nitrogens with two attached hydrogens (primary N) is 1. The Morgan fingerprint density at radius 3 is 2.60 bits per heavy atom. The molecule has 1 aliphatic carbocycles. The zero-order valence-electron chi connectivity index (χ0n) is 21.5. The number of benzene rings is 1. The minimum Gasteiger partial charge on any atom is -0.409 e. The van der Waals surface area contributed by atoms with Gasteiger partial charge in [0.2, 0.25) is 0 Å². The van der Waals surface area contributed by atoms with Crippen molar-refractivity contribution in [1.82, 2.24) is 29.7 Å². The van der Waals surface area contributed by atoms with E-state index in [1.165, 1.54) is 10.9 Å². The van der Waals surface area contributed by atoms with Gasteiger partial charge in [0.05, 0.1) is 11.3 Å². The first-order valence-corrected chi connectivity index (χ1v) is 13.7. The molecule has 2 amide bonds. The number of likely N-dealkylation sites (tertiary alicyclic amines) is 1. The molecule has 2 aromatic heterocycles. The van der Waals surface area contributed by atoms with E-state index in [0.29, 0.717) is 60.1 Å². The van der Waals surface area contributed by atoms with Crippen molar-refractivity contribution < 1.29 is 29.3 Å². The molecule has 4 heterocycles. The predicted molar refractivity (Wildman–Crippen MR) is 142 cm³/mol. The number of carbonyl (C=O) groups is 2. The fraction of sp³-hybridized carbons (Fsp3) is 0.500. The number of nitrogens with one attached hydrogen (secondary N) is 1. The van der Waals surface area contributed by atoms with E-state index in [1.54, 1.807) is 29.2 Å². The van der Waals surface area contributed by atoms with E-state index in [0.717, 1.165) is 12.8 Å². The first kappa shape index (κ1) is 26.7. The van der Waals surface area contributed by atoms with E-state index in [1.807, 2.05) is 0 Å². The number of halogens is 1. The van der Waals surface area contributed by atoms with Crippen LogP contribution in [0.15, 0.2) is 30.6 Å². The lowest BCUT2D eigenvalue weighted by Gasteiger charge is -2.31. The highest BCUT2D eigenvalue weighted by atomic mass is 35.5. The minimum absolute atomic E-state index is 0.0866. The summed E-state index contributed by atoms with van der Waals surface area (Å²) in [6.07, 6.45) is -0.397. The summed E-state index contributed by atoms with van der Waals surface area (Å²) < 4.78 is 12.7. The summed E-state index contributed by atoms with van der Waals surface area (Å²) in [6.45, 7) is 1.02. The van der Waals surface area contributed by atoms with E-state index < -0.39 is 36.5 Å². The Labute approximate surface area is 234 Å². The Balaban J connectivity index is 1.12. The number of rotatable bonds is 6. The van der Waals surface area contributed by atoms with Crippen LogP contribution in [0.4, 0.5) is 10.6 Å². The predicted octanol–water partition coefficient (Wildman–Crippen LogP) is 1.41. The van der Waals surface area contributed by atoms with E-state index in [4.69, 9.17) is 26.8 Å². The molecule has 2 aliphatic heterocycles. The van der Waals surface area contributed by atoms with Crippen LogP contribution in [0.3, 0.4) is 0 Å². The molecule has 0 radical (unpaired) electrons. The average Bonchev–Trinajstić information content (AvgIpc) is 3.57. The van der Waals surface area contributed by atoms with Crippen LogP contribution in [0.2, 0.25) is 5.02 Å². The molecule has 1 aromatic carbocycles. The molecular formula is C26H30ClN7O6. The number of piperidine rings is 1. The molecule has 3 aliphatic rings. The topological polar surface area (TPSA) is 178 Å². The lowest BCUT2D eigenvalue weighted by Crippen LogP contribution is -2.43. The van der Waals surface area contributed by atoms with Gasteiger partial charge in [-0.25, -0.2) is 19.7 Å². The minimum atomic E-state index is -1.41. The van der Waals surface area contributed by atoms with Crippen molar-refractivity contribution in [2.75, 3.05) is 18.8 Å². The molecule has 3 fully saturated rings. The Hall–Kier alpha value is -3.52. The number of carbonyl (C=O) groups excluding carboxylic acids is 2. The number of aliphatic hydroxyl groups excluding tert-OH is 2. The second-order valence-electron chi connectivity index (χ2n) is 10.5. The number of hydrogen-bond donors (Lipinski definition) is 4. The second kappa shape index (κ2) is 10.8. The summed E-state index contributed by atoms with van der Waals surface area (Å²) in [5.41, 5.74) is 6.86. The van der Waals surface area contributed by atoms with Gasteiger partial charge < -0.3 is 35.6 Å². The van der Waals surface area contributed by atoms with Gasteiger partial charge in [-0.1, -0.05) is 23.7 Å². The standard InChI is InChI=1S/C26H30ClN7O6/c27-15-3-1-2-4-16(15)39-26(38)33-9-7-13(8-10-33)11-17-31-22(28)18-23(32-17)34(12-29-18)25-20(36)19(35)21(40-25)24(37)30-14-5-6-14/h1-4,12-14,19-21,25,35-36H,5-11H2,(H,30,37)(H2,28,31,32)/t19?,20?,21-,25+/m0/s1. The molecule has 5 N–H and O–H groups in total. The molecule has 1 saturated carbocycles. The summed E-state index contributed by atoms with van der Waals surface area (Å²) in [6, 6.07) is 6.91. The van der Waals surface area contributed by atoms with Crippen molar-refractivity contribution in [3.8, 4) is 5.75 Å². The highest BCUT2D eigenvalue weighted by Gasteiger charge is 2.48. The van der Waals surface area contributed by atoms with Gasteiger partial charge in [-0.15, -0.1) is 0 Å². The third-order valence-corrected chi connectivity index (χ3v) is 7.88. The van der Waals surface area contributed by atoms with E-state index >= 15 is 0 Å². The number of para-hydroxylation sites is 1. The van der Waals surface area contributed by atoms with Crippen molar-refractivity contribution >= 4 is 40.6 Å². The van der Waals surface area contributed by atoms with Crippen LogP contribution in [-0.4, -0.2) is 84.1 Å². The smallest absolute Gasteiger partial charge is 0.409 e. The number of imidazole rings is 1. The quantitative estimate of drug-likeness (QED) is 0.338. The summed E-state index contributed by atoms with van der Waals surface area (Å²) in [7, 11) is 0. The van der Waals surface area contributed by atoms with Crippen LogP contribution in [0, 0.1) is 5.92 Å². The van der Waals surface area contributed by atoms with Crippen molar-refractivity contribution in [2.24, 2.45) is 5.92 Å². The number of ether oxygens (including phenoxy) is 2. The Morgan fingerprint density at radius 1 is 1.12 bits per heavy atom. The van der Waals surface area contributed by atoms with E-state index in [9.17, 15) is 19.8 Å². The van der Waals surface area contributed by atoms with Crippen molar-refractivity contribution in [2.45, 2.75) is 62.7 Å². The first-order valence-electron chi connectivity index (χ1n) is 13.3. The lowest BCUT2D eigenvalue weighted by molar-refractivity contribution is -0.137. The molecule has 6 rings (SSSR count). The molecule has 40 heavy (non-hydrogen) atoms. The SMILES string of the molecule is Nc1nc(CC2CCN(C(=O)Oc3ccccc3Cl)CC2)nc2c1ncn2[C@@H]1O[C@H](C(=O)NC2CC2)C(O)C1O. The molecule has 2 unspecified atom stereocenters. The molecule has 4 atom stereocenters. The molecule has 212 valence electrons. The first-order chi connectivity index (χ1) is 19.3. The summed E-state index contributed by atoms with van der Waals surface area (Å²) in [4.78, 5) is 40.1. The number of aliphatic hydroxyl groups is 2. The number of nitrogen functional groups attached to an aromatic ring is 1. The Morgan fingerprint density at radius 2 is 1.88 bits per heavy atom. The zero-order chi connectivity index (χ0) is 28.0. The summed E-state index contributed by atoms with van der Waals surface area (Å²) >= 11 is 6.10. The van der Waals surface area contributed by atoms with Gasteiger partial charge in [-0.3, -0.25) is 9.36 Å². The number of nitrogens with zero attached hydrogens (tertiary/aromatic N) is 5. The van der Waals surface area contributed by atoms with Gasteiger partial charge in [-0.2, -0.15) is 0 Å². The van der Waals surface area contributed by atoms with Gasteiger partial charge >= 0.3 is 6.09 Å². The zero-order valence-corrected chi connectivity index (χ0v) is 22.3. The van der Waals surface area contributed by atoms with Gasteiger partial charge in [0.25, 0.3) is 5.91 Å². The van der Waals surface area contributed by atoms with Crippen LogP contribution in [0.1, 0.15) is 37.7 Å². The molecule has 3 aromatic rings. The highest BCUT2D eigenvalue weighted by Crippen LogP contribution is 2.33. The Bertz CT molecular complexity index is 1420. The van der Waals surface area contributed by atoms with Crippen molar-refractivity contribution in [3.05, 3.63) is 41.4 Å². The fourth-order valence-corrected chi connectivity index (χ4v) is 5.32. The molecule has 0 bridgehead atoms. The highest BCUT2D eigenvalue weighted by molar-refractivity contribution is 6.32. The number of aromatic nitrogens is 4. The third kappa shape index (κ3) is 5.29. The second-order valence-corrected chi connectivity index (χ2v) is 10.9. The maximum Gasteiger partial charge on any atom is 0.415 e. The van der Waals surface area contributed by atoms with Crippen LogP contribution in [-0.2, 0) is 16.0 Å². The fourth-order valence-electron chi connectivity index (χ4n) is 5.14. The van der Waals surface area contributed by atoms with E-state index in [-0.39, 0.29) is 17.8 Å². The van der Waals surface area contributed by atoms with Crippen LogP contribution in [0.25, 0.3) is 11.2 Å². The number of hydrogen-bond acceptors (Lipinski definition) is 10. The molecule has 13 nitrogen and oxygen atoms in total. The van der Waals surface area contributed by atoms with Gasteiger partial charge in [-0.05, 0) is 43.7 Å². The summed E-state index contributed by atoms with van der Waals surface area (Å²) in [5.74, 6) is 0.723. The van der Waals surface area contributed by atoms with Crippen LogP contribution < -0.4 is 15.8 Å². The lowest BCUT2D eigenvalue weighted by atomic mass is 9.93. The maximum absolute atomic E-state index is 12.6. The number of amides is 2. The molecule has 2 saturated heterocycles. The third-order valence-electron chi connectivity index (χ3n) is 7.57. The average molecular weight is 572 g/mol.